The van der Waals surface area contributed by atoms with Gasteiger partial charge in [-0.05, 0) is 38.5 Å². The lowest BCUT2D eigenvalue weighted by atomic mass is 9.81. The van der Waals surface area contributed by atoms with Gasteiger partial charge in [0.15, 0.2) is 0 Å². The number of carbonyl (C=O) groups excluding carboxylic acids is 1. The van der Waals surface area contributed by atoms with Crippen molar-refractivity contribution in [3.05, 3.63) is 0 Å². The molecule has 0 radical (unpaired) electrons. The number of unbranched alkanes of at least 4 members (excludes halogenated alkanes) is 11. The molecule has 1 rings (SSSR count). The molecule has 0 heterocycles. The highest BCUT2D eigenvalue weighted by Crippen LogP contribution is 2.31. The molecule has 1 aliphatic rings. The van der Waals surface area contributed by atoms with E-state index >= 15 is 0 Å². The Morgan fingerprint density at radius 2 is 1.30 bits per heavy atom. The Kier molecular flexibility index (Phi) is 15.8. The highest BCUT2D eigenvalue weighted by atomic mass is 16.5. The molecule has 0 saturated heterocycles. The van der Waals surface area contributed by atoms with Crippen molar-refractivity contribution in [2.75, 3.05) is 0 Å². The zero-order valence-corrected chi connectivity index (χ0v) is 19.8. The monoisotopic (exact) mass is 424 g/mol. The van der Waals surface area contributed by atoms with Crippen molar-refractivity contribution >= 4 is 11.9 Å². The highest BCUT2D eigenvalue weighted by molar-refractivity contribution is 5.75. The summed E-state index contributed by atoms with van der Waals surface area (Å²) in [5.74, 6) is -1.52. The van der Waals surface area contributed by atoms with Crippen molar-refractivity contribution in [1.82, 2.24) is 0 Å². The zero-order chi connectivity index (χ0) is 22.0. The Morgan fingerprint density at radius 3 is 1.83 bits per heavy atom. The molecule has 1 saturated carbocycles. The minimum absolute atomic E-state index is 0.0100. The van der Waals surface area contributed by atoms with Crippen LogP contribution in [0.3, 0.4) is 0 Å². The number of carbonyl (C=O) groups is 2. The van der Waals surface area contributed by atoms with Gasteiger partial charge in [-0.3, -0.25) is 9.59 Å². The van der Waals surface area contributed by atoms with E-state index in [4.69, 9.17) is 4.74 Å². The molecule has 0 spiro atoms. The summed E-state index contributed by atoms with van der Waals surface area (Å²) in [6, 6.07) is 0. The molecule has 4 nitrogen and oxygen atoms in total. The summed E-state index contributed by atoms with van der Waals surface area (Å²) >= 11 is 0. The minimum Gasteiger partial charge on any atom is -0.481 e. The number of esters is 1. The first-order valence-corrected chi connectivity index (χ1v) is 13.0. The lowest BCUT2D eigenvalue weighted by molar-refractivity contribution is -0.157. The average molecular weight is 425 g/mol. The Hall–Kier alpha value is -1.06. The summed E-state index contributed by atoms with van der Waals surface area (Å²) in [7, 11) is 0. The fourth-order valence-corrected chi connectivity index (χ4v) is 4.69. The fraction of sp³-hybridized carbons (Fsp3) is 0.923. The van der Waals surface area contributed by atoms with E-state index in [1.165, 1.54) is 70.6 Å². The SMILES string of the molecule is CCCCCCCCCCCCCCC(CCC)OC(=O)C1CCCC(C(=O)O)C1. The maximum absolute atomic E-state index is 12.6. The first-order valence-electron chi connectivity index (χ1n) is 13.0. The molecule has 3 unspecified atom stereocenters. The van der Waals surface area contributed by atoms with E-state index < -0.39 is 5.97 Å². The second-order valence-corrected chi connectivity index (χ2v) is 9.42. The van der Waals surface area contributed by atoms with Crippen LogP contribution in [0.5, 0.6) is 0 Å². The van der Waals surface area contributed by atoms with Gasteiger partial charge in [-0.15, -0.1) is 0 Å². The molecule has 1 fully saturated rings. The van der Waals surface area contributed by atoms with E-state index in [2.05, 4.69) is 13.8 Å². The lowest BCUT2D eigenvalue weighted by Crippen LogP contribution is -2.31. The van der Waals surface area contributed by atoms with E-state index in [0.717, 1.165) is 38.5 Å². The predicted molar refractivity (Wildman–Crippen MR) is 124 cm³/mol. The smallest absolute Gasteiger partial charge is 0.309 e. The van der Waals surface area contributed by atoms with Crippen molar-refractivity contribution in [3.8, 4) is 0 Å². The summed E-state index contributed by atoms with van der Waals surface area (Å²) in [6.45, 7) is 4.39. The molecule has 0 aromatic rings. The maximum Gasteiger partial charge on any atom is 0.309 e. The number of aliphatic carboxylic acids is 1. The number of carboxylic acids is 1. The topological polar surface area (TPSA) is 63.6 Å². The Balaban J connectivity index is 2.11. The quantitative estimate of drug-likeness (QED) is 0.181. The summed E-state index contributed by atoms with van der Waals surface area (Å²) in [5, 5.41) is 9.23. The van der Waals surface area contributed by atoms with Crippen LogP contribution < -0.4 is 0 Å². The van der Waals surface area contributed by atoms with Crippen LogP contribution in [0.25, 0.3) is 0 Å². The van der Waals surface area contributed by atoms with Gasteiger partial charge < -0.3 is 9.84 Å². The second-order valence-electron chi connectivity index (χ2n) is 9.42. The predicted octanol–water partition coefficient (Wildman–Crippen LogP) is 7.68. The summed E-state index contributed by atoms with van der Waals surface area (Å²) < 4.78 is 5.83. The van der Waals surface area contributed by atoms with Crippen molar-refractivity contribution in [2.45, 2.75) is 142 Å². The third kappa shape index (κ3) is 12.6. The van der Waals surface area contributed by atoms with Crippen molar-refractivity contribution in [3.63, 3.8) is 0 Å². The largest absolute Gasteiger partial charge is 0.481 e. The molecule has 30 heavy (non-hydrogen) atoms. The number of carboxylic acid groups (broad SMARTS) is 1. The number of ether oxygens (including phenoxy) is 1. The summed E-state index contributed by atoms with van der Waals surface area (Å²) in [6.07, 6.45) is 21.6. The molecule has 3 atom stereocenters. The highest BCUT2D eigenvalue weighted by Gasteiger charge is 2.32. The lowest BCUT2D eigenvalue weighted by Gasteiger charge is -2.27. The molecule has 0 aliphatic heterocycles. The first-order chi connectivity index (χ1) is 14.6. The van der Waals surface area contributed by atoms with Crippen molar-refractivity contribution < 1.29 is 19.4 Å². The molecular weight excluding hydrogens is 376 g/mol. The number of hydrogen-bond donors (Lipinski definition) is 1. The van der Waals surface area contributed by atoms with Gasteiger partial charge >= 0.3 is 11.9 Å². The minimum atomic E-state index is -0.769. The van der Waals surface area contributed by atoms with Crippen LogP contribution in [0.4, 0.5) is 0 Å². The Morgan fingerprint density at radius 1 is 0.767 bits per heavy atom. The normalized spacial score (nSPS) is 20.1. The number of rotatable bonds is 18. The molecular formula is C26H48O4. The van der Waals surface area contributed by atoms with Gasteiger partial charge in [0.05, 0.1) is 11.8 Å². The molecule has 176 valence electrons. The van der Waals surface area contributed by atoms with E-state index in [1.54, 1.807) is 0 Å². The molecule has 0 bridgehead atoms. The van der Waals surface area contributed by atoms with E-state index in [9.17, 15) is 14.7 Å². The first kappa shape index (κ1) is 27.0. The zero-order valence-electron chi connectivity index (χ0n) is 19.8. The molecule has 1 N–H and O–H groups in total. The Labute approximate surface area is 185 Å². The Bertz CT molecular complexity index is 448. The van der Waals surface area contributed by atoms with Gasteiger partial charge in [-0.2, -0.15) is 0 Å². The summed E-state index contributed by atoms with van der Waals surface area (Å²) in [4.78, 5) is 23.8. The van der Waals surface area contributed by atoms with Crippen molar-refractivity contribution in [1.29, 1.82) is 0 Å². The molecule has 0 amide bonds. The van der Waals surface area contributed by atoms with Crippen LogP contribution in [0.2, 0.25) is 0 Å². The van der Waals surface area contributed by atoms with Gasteiger partial charge in [-0.25, -0.2) is 0 Å². The van der Waals surface area contributed by atoms with Gasteiger partial charge in [0.25, 0.3) is 0 Å². The van der Waals surface area contributed by atoms with Crippen LogP contribution in [-0.2, 0) is 14.3 Å². The summed E-state index contributed by atoms with van der Waals surface area (Å²) in [5.41, 5.74) is 0. The average Bonchev–Trinajstić information content (AvgIpc) is 2.74. The van der Waals surface area contributed by atoms with Crippen LogP contribution >= 0.6 is 0 Å². The van der Waals surface area contributed by atoms with Crippen molar-refractivity contribution in [2.24, 2.45) is 11.8 Å². The van der Waals surface area contributed by atoms with Crippen LogP contribution in [0.15, 0.2) is 0 Å². The van der Waals surface area contributed by atoms with Gasteiger partial charge in [-0.1, -0.05) is 97.3 Å². The standard InChI is InChI=1S/C26H48O4/c1-3-5-6-7-8-9-10-11-12-13-14-15-20-24(17-4-2)30-26(29)23-19-16-18-22(21-23)25(27)28/h22-24H,3-21H2,1-2H3,(H,27,28). The van der Waals surface area contributed by atoms with Crippen LogP contribution in [-0.4, -0.2) is 23.1 Å². The van der Waals surface area contributed by atoms with Gasteiger partial charge in [0.2, 0.25) is 0 Å². The third-order valence-electron chi connectivity index (χ3n) is 6.63. The number of hydrogen-bond acceptors (Lipinski definition) is 3. The van der Waals surface area contributed by atoms with E-state index in [0.29, 0.717) is 12.8 Å². The molecule has 0 aromatic heterocycles. The van der Waals surface area contributed by atoms with Crippen LogP contribution in [0, 0.1) is 11.8 Å². The third-order valence-corrected chi connectivity index (χ3v) is 6.63. The molecule has 4 heteroatoms. The maximum atomic E-state index is 12.6. The second kappa shape index (κ2) is 17.6. The van der Waals surface area contributed by atoms with Gasteiger partial charge in [0.1, 0.15) is 6.10 Å². The molecule has 0 aromatic carbocycles. The van der Waals surface area contributed by atoms with E-state index in [-0.39, 0.29) is 23.9 Å². The van der Waals surface area contributed by atoms with Gasteiger partial charge in [0, 0.05) is 0 Å². The van der Waals surface area contributed by atoms with Crippen LogP contribution in [0.1, 0.15) is 136 Å². The van der Waals surface area contributed by atoms with E-state index in [1.807, 2.05) is 0 Å². The fourth-order valence-electron chi connectivity index (χ4n) is 4.69. The molecule has 1 aliphatic carbocycles.